The lowest BCUT2D eigenvalue weighted by atomic mass is 10.2. The molecule has 3 aromatic rings. The molecule has 0 spiro atoms. The summed E-state index contributed by atoms with van der Waals surface area (Å²) in [5, 5.41) is 14.8. The number of rotatable bonds is 14. The molecule has 40 heavy (non-hydrogen) atoms. The second kappa shape index (κ2) is 14.1. The first-order valence-corrected chi connectivity index (χ1v) is 13.9. The van der Waals surface area contributed by atoms with E-state index in [2.05, 4.69) is 20.3 Å². The van der Waals surface area contributed by atoms with Crippen molar-refractivity contribution in [1.82, 2.24) is 19.8 Å². The SMILES string of the molecule is CN=C(N)NCCCCCOc1ccc2ccc(C(=O)NC[C@H](NS(=O)(=O)c3ccccc3)C(=O)O)c(=O)n2c1. The van der Waals surface area contributed by atoms with E-state index in [4.69, 9.17) is 10.5 Å². The third kappa shape index (κ3) is 8.28. The molecule has 0 fully saturated rings. The second-order valence-corrected chi connectivity index (χ2v) is 10.4. The van der Waals surface area contributed by atoms with Crippen molar-refractivity contribution in [3.05, 3.63) is 76.7 Å². The maximum absolute atomic E-state index is 13.0. The number of carbonyl (C=O) groups excluding carboxylic acids is 1. The van der Waals surface area contributed by atoms with Crippen LogP contribution in [-0.4, -0.2) is 68.5 Å². The Labute approximate surface area is 231 Å². The topological polar surface area (TPSA) is 194 Å². The number of aliphatic carboxylic acids is 1. The number of carboxylic acid groups (broad SMARTS) is 1. The summed E-state index contributed by atoms with van der Waals surface area (Å²) in [6, 6.07) is 11.8. The third-order valence-electron chi connectivity index (χ3n) is 5.82. The first-order valence-electron chi connectivity index (χ1n) is 12.4. The number of fused-ring (bicyclic) bond motifs is 1. The third-order valence-corrected chi connectivity index (χ3v) is 7.31. The number of ether oxygens (including phenoxy) is 1. The van der Waals surface area contributed by atoms with E-state index in [9.17, 15) is 27.9 Å². The van der Waals surface area contributed by atoms with Crippen LogP contribution in [0, 0.1) is 0 Å². The second-order valence-electron chi connectivity index (χ2n) is 8.69. The van der Waals surface area contributed by atoms with E-state index in [-0.39, 0.29) is 10.5 Å². The van der Waals surface area contributed by atoms with Crippen molar-refractivity contribution in [1.29, 1.82) is 0 Å². The highest BCUT2D eigenvalue weighted by molar-refractivity contribution is 7.89. The molecule has 0 saturated heterocycles. The molecule has 14 heteroatoms. The molecular weight excluding hydrogens is 540 g/mol. The van der Waals surface area contributed by atoms with Gasteiger partial charge in [0, 0.05) is 25.7 Å². The van der Waals surface area contributed by atoms with Gasteiger partial charge in [0.2, 0.25) is 10.0 Å². The van der Waals surface area contributed by atoms with Crippen molar-refractivity contribution in [2.75, 3.05) is 26.7 Å². The predicted octanol–water partition coefficient (Wildman–Crippen LogP) is 0.544. The standard InChI is InChI=1S/C26H32N6O7S/c1-28-26(27)29-14-6-3-7-15-39-19-12-10-18-11-13-21(24(34)32(18)17-19)23(33)30-16-22(25(35)36)31-40(37,38)20-8-4-2-5-9-20/h2,4-5,8-13,17,22,31H,3,6-7,14-16H2,1H3,(H,30,33)(H,35,36)(H3,27,28,29)/t22-/m0/s1. The number of unbranched alkanes of at least 4 members (excludes halogenated alkanes) is 2. The minimum absolute atomic E-state index is 0.123. The molecular formula is C26H32N6O7S. The number of nitrogens with one attached hydrogen (secondary N) is 3. The smallest absolute Gasteiger partial charge is 0.323 e. The number of benzene rings is 1. The fourth-order valence-electron chi connectivity index (χ4n) is 3.65. The number of nitrogens with two attached hydrogens (primary N) is 1. The average molecular weight is 573 g/mol. The zero-order chi connectivity index (χ0) is 29.1. The fourth-order valence-corrected chi connectivity index (χ4v) is 4.86. The van der Waals surface area contributed by atoms with Gasteiger partial charge in [-0.1, -0.05) is 18.2 Å². The Morgan fingerprint density at radius 2 is 1.77 bits per heavy atom. The number of aliphatic imine (C=N–C) groups is 1. The molecule has 0 bridgehead atoms. The van der Waals surface area contributed by atoms with Crippen LogP contribution in [0.1, 0.15) is 29.6 Å². The normalized spacial score (nSPS) is 12.6. The molecule has 0 aliphatic rings. The summed E-state index contributed by atoms with van der Waals surface area (Å²) in [5.41, 5.74) is 5.21. The quantitative estimate of drug-likeness (QED) is 0.104. The Morgan fingerprint density at radius 1 is 1.05 bits per heavy atom. The summed E-state index contributed by atoms with van der Waals surface area (Å²) in [5.74, 6) is -1.51. The molecule has 2 heterocycles. The van der Waals surface area contributed by atoms with Crippen LogP contribution in [0.5, 0.6) is 5.75 Å². The van der Waals surface area contributed by atoms with E-state index < -0.39 is 40.0 Å². The first kappa shape index (κ1) is 30.1. The van der Waals surface area contributed by atoms with Crippen LogP contribution in [0.2, 0.25) is 0 Å². The lowest BCUT2D eigenvalue weighted by molar-refractivity contribution is -0.138. The van der Waals surface area contributed by atoms with Gasteiger partial charge in [-0.2, -0.15) is 4.72 Å². The molecule has 0 unspecified atom stereocenters. The van der Waals surface area contributed by atoms with E-state index in [1.54, 1.807) is 31.3 Å². The van der Waals surface area contributed by atoms with Crippen molar-refractivity contribution in [3.63, 3.8) is 0 Å². The Hall–Kier alpha value is -4.43. The maximum atomic E-state index is 13.0. The molecule has 1 atom stereocenters. The van der Waals surface area contributed by atoms with Crippen molar-refractivity contribution in [2.24, 2.45) is 10.7 Å². The van der Waals surface area contributed by atoms with Gasteiger partial charge >= 0.3 is 5.97 Å². The lowest BCUT2D eigenvalue weighted by Crippen LogP contribution is -2.48. The molecule has 3 rings (SSSR count). The van der Waals surface area contributed by atoms with Crippen molar-refractivity contribution in [2.45, 2.75) is 30.2 Å². The number of guanidine groups is 1. The van der Waals surface area contributed by atoms with Crippen molar-refractivity contribution < 1.29 is 27.9 Å². The molecule has 2 aromatic heterocycles. The molecule has 0 saturated carbocycles. The van der Waals surface area contributed by atoms with Crippen molar-refractivity contribution in [3.8, 4) is 5.75 Å². The van der Waals surface area contributed by atoms with Gasteiger partial charge in [-0.05, 0) is 55.7 Å². The number of carbonyl (C=O) groups is 2. The van der Waals surface area contributed by atoms with Gasteiger partial charge in [0.05, 0.1) is 17.7 Å². The summed E-state index contributed by atoms with van der Waals surface area (Å²) in [6.45, 7) is 0.539. The van der Waals surface area contributed by atoms with E-state index >= 15 is 0 Å². The van der Waals surface area contributed by atoms with Crippen LogP contribution < -0.4 is 31.4 Å². The summed E-state index contributed by atoms with van der Waals surface area (Å²) < 4.78 is 34.1. The summed E-state index contributed by atoms with van der Waals surface area (Å²) >= 11 is 0. The molecule has 0 radical (unpaired) electrons. The number of nitrogens with zero attached hydrogens (tertiary/aromatic N) is 2. The monoisotopic (exact) mass is 572 g/mol. The number of pyridine rings is 2. The van der Waals surface area contributed by atoms with Crippen LogP contribution in [0.15, 0.2) is 75.5 Å². The fraction of sp³-hybridized carbons (Fsp3) is 0.308. The van der Waals surface area contributed by atoms with Gasteiger partial charge in [0.1, 0.15) is 17.4 Å². The predicted molar refractivity (Wildman–Crippen MR) is 149 cm³/mol. The zero-order valence-electron chi connectivity index (χ0n) is 21.9. The molecule has 6 N–H and O–H groups in total. The van der Waals surface area contributed by atoms with Crippen LogP contribution in [0.25, 0.3) is 5.52 Å². The molecule has 1 aromatic carbocycles. The number of amides is 1. The number of carboxylic acids is 1. The minimum atomic E-state index is -4.15. The highest BCUT2D eigenvalue weighted by atomic mass is 32.2. The minimum Gasteiger partial charge on any atom is -0.492 e. The molecule has 0 aliphatic heterocycles. The van der Waals surface area contributed by atoms with E-state index in [0.29, 0.717) is 30.4 Å². The van der Waals surface area contributed by atoms with Crippen molar-refractivity contribution >= 4 is 33.4 Å². The van der Waals surface area contributed by atoms with Gasteiger partial charge < -0.3 is 26.2 Å². The number of hydrogen-bond donors (Lipinski definition) is 5. The van der Waals surface area contributed by atoms with Crippen LogP contribution >= 0.6 is 0 Å². The van der Waals surface area contributed by atoms with E-state index in [1.165, 1.54) is 40.9 Å². The average Bonchev–Trinajstić information content (AvgIpc) is 2.95. The largest absolute Gasteiger partial charge is 0.492 e. The Bertz CT molecular complexity index is 1520. The van der Waals surface area contributed by atoms with Gasteiger partial charge in [-0.25, -0.2) is 8.42 Å². The molecule has 1 amide bonds. The maximum Gasteiger partial charge on any atom is 0.323 e. The molecule has 214 valence electrons. The summed E-state index contributed by atoms with van der Waals surface area (Å²) in [4.78, 5) is 41.2. The van der Waals surface area contributed by atoms with Crippen LogP contribution in [0.4, 0.5) is 0 Å². The summed E-state index contributed by atoms with van der Waals surface area (Å²) in [7, 11) is -2.55. The lowest BCUT2D eigenvalue weighted by Gasteiger charge is -2.16. The molecule has 0 aliphatic carbocycles. The van der Waals surface area contributed by atoms with Gasteiger partial charge in [0.15, 0.2) is 5.96 Å². The highest BCUT2D eigenvalue weighted by Crippen LogP contribution is 2.13. The van der Waals surface area contributed by atoms with Gasteiger partial charge in [0.25, 0.3) is 11.5 Å². The Morgan fingerprint density at radius 3 is 2.48 bits per heavy atom. The van der Waals surface area contributed by atoms with Crippen LogP contribution in [-0.2, 0) is 14.8 Å². The Kier molecular flexibility index (Phi) is 10.6. The Balaban J connectivity index is 1.61. The zero-order valence-corrected chi connectivity index (χ0v) is 22.7. The van der Waals surface area contributed by atoms with Gasteiger partial charge in [-0.15, -0.1) is 0 Å². The van der Waals surface area contributed by atoms with Gasteiger partial charge in [-0.3, -0.25) is 23.8 Å². The summed E-state index contributed by atoms with van der Waals surface area (Å²) in [6.07, 6.45) is 4.02. The number of sulfonamides is 1. The van der Waals surface area contributed by atoms with E-state index in [0.717, 1.165) is 19.3 Å². The first-order chi connectivity index (χ1) is 19.1. The van der Waals surface area contributed by atoms with Crippen LogP contribution in [0.3, 0.4) is 0 Å². The highest BCUT2D eigenvalue weighted by Gasteiger charge is 2.26. The number of hydrogen-bond acceptors (Lipinski definition) is 7. The van der Waals surface area contributed by atoms with E-state index in [1.807, 2.05) is 0 Å². The number of aromatic nitrogens is 1. The molecule has 13 nitrogen and oxygen atoms in total.